The molecule has 1 aliphatic rings. The summed E-state index contributed by atoms with van der Waals surface area (Å²) in [5.74, 6) is -0.321. The molecule has 37 heavy (non-hydrogen) atoms. The maximum Gasteiger partial charge on any atom is 0.295 e. The van der Waals surface area contributed by atoms with E-state index in [-0.39, 0.29) is 11.3 Å². The monoisotopic (exact) mass is 508 g/mol. The molecule has 7 nitrogen and oxygen atoms in total. The SMILES string of the molecule is CCCCCOc1ccc(C2C(=C(O)c3ccc(C)cc3)C(=O)C(=O)N2CCN(CC)CC)cc1OC. The van der Waals surface area contributed by atoms with Crippen molar-refractivity contribution in [2.75, 3.05) is 39.9 Å². The highest BCUT2D eigenvalue weighted by Crippen LogP contribution is 2.42. The Labute approximate surface area is 220 Å². The van der Waals surface area contributed by atoms with Gasteiger partial charge in [0.2, 0.25) is 0 Å². The number of aryl methyl sites for hydroxylation is 1. The summed E-state index contributed by atoms with van der Waals surface area (Å²) in [6, 6.07) is 12.0. The van der Waals surface area contributed by atoms with Crippen LogP contribution in [-0.4, -0.2) is 66.5 Å². The van der Waals surface area contributed by atoms with Gasteiger partial charge in [0.1, 0.15) is 5.76 Å². The third-order valence-electron chi connectivity index (χ3n) is 6.93. The zero-order valence-electron chi connectivity index (χ0n) is 22.8. The maximum atomic E-state index is 13.3. The lowest BCUT2D eigenvalue weighted by Gasteiger charge is -2.28. The summed E-state index contributed by atoms with van der Waals surface area (Å²) in [7, 11) is 1.57. The number of likely N-dealkylation sites (tertiary alicyclic amines) is 1. The molecule has 1 saturated heterocycles. The molecular weight excluding hydrogens is 468 g/mol. The second-order valence-electron chi connectivity index (χ2n) is 9.35. The van der Waals surface area contributed by atoms with E-state index in [0.29, 0.717) is 42.3 Å². The molecule has 1 amide bonds. The summed E-state index contributed by atoms with van der Waals surface area (Å²) in [5.41, 5.74) is 2.31. The van der Waals surface area contributed by atoms with Gasteiger partial charge < -0.3 is 24.4 Å². The third kappa shape index (κ3) is 6.52. The third-order valence-corrected chi connectivity index (χ3v) is 6.93. The number of benzene rings is 2. The highest BCUT2D eigenvalue weighted by molar-refractivity contribution is 6.46. The van der Waals surface area contributed by atoms with Gasteiger partial charge in [0.25, 0.3) is 11.7 Å². The van der Waals surface area contributed by atoms with Gasteiger partial charge in [-0.05, 0) is 44.1 Å². The predicted molar refractivity (Wildman–Crippen MR) is 146 cm³/mol. The van der Waals surface area contributed by atoms with E-state index in [4.69, 9.17) is 9.47 Å². The van der Waals surface area contributed by atoms with E-state index in [0.717, 1.165) is 37.9 Å². The lowest BCUT2D eigenvalue weighted by Crippen LogP contribution is -2.38. The van der Waals surface area contributed by atoms with Crippen molar-refractivity contribution in [1.82, 2.24) is 9.80 Å². The van der Waals surface area contributed by atoms with Gasteiger partial charge in [-0.25, -0.2) is 0 Å². The second kappa shape index (κ2) is 13.3. The number of unbranched alkanes of at least 4 members (excludes halogenated alkanes) is 2. The number of carbonyl (C=O) groups is 2. The molecule has 0 radical (unpaired) electrons. The number of ether oxygens (including phenoxy) is 2. The number of ketones is 1. The number of aliphatic hydroxyl groups is 1. The molecule has 0 aliphatic carbocycles. The van der Waals surface area contributed by atoms with Crippen molar-refractivity contribution in [3.8, 4) is 11.5 Å². The van der Waals surface area contributed by atoms with E-state index in [2.05, 4.69) is 25.7 Å². The maximum absolute atomic E-state index is 13.3. The van der Waals surface area contributed by atoms with Gasteiger partial charge >= 0.3 is 0 Å². The van der Waals surface area contributed by atoms with Crippen LogP contribution < -0.4 is 9.47 Å². The molecule has 0 aromatic heterocycles. The van der Waals surface area contributed by atoms with Crippen molar-refractivity contribution in [1.29, 1.82) is 0 Å². The topological polar surface area (TPSA) is 79.3 Å². The molecule has 2 aromatic rings. The molecular formula is C30H40N2O5. The number of amides is 1. The minimum absolute atomic E-state index is 0.0899. The van der Waals surface area contributed by atoms with Crippen LogP contribution in [0.4, 0.5) is 0 Å². The average Bonchev–Trinajstić information content (AvgIpc) is 3.16. The molecule has 0 bridgehead atoms. The Balaban J connectivity index is 2.06. The highest BCUT2D eigenvalue weighted by Gasteiger charge is 2.46. The van der Waals surface area contributed by atoms with E-state index in [1.54, 1.807) is 30.2 Å². The highest BCUT2D eigenvalue weighted by atomic mass is 16.5. The number of Topliss-reactive ketones (excluding diaryl/α,β-unsaturated/α-hetero) is 1. The first-order valence-corrected chi connectivity index (χ1v) is 13.2. The van der Waals surface area contributed by atoms with Crippen LogP contribution >= 0.6 is 0 Å². The number of hydrogen-bond donors (Lipinski definition) is 1. The minimum atomic E-state index is -0.736. The summed E-state index contributed by atoms with van der Waals surface area (Å²) >= 11 is 0. The fourth-order valence-electron chi connectivity index (χ4n) is 4.62. The van der Waals surface area contributed by atoms with Gasteiger partial charge in [0.05, 0.1) is 25.3 Å². The fourth-order valence-corrected chi connectivity index (χ4v) is 4.62. The number of likely N-dealkylation sites (N-methyl/N-ethyl adjacent to an activating group) is 1. The average molecular weight is 509 g/mol. The predicted octanol–water partition coefficient (Wildman–Crippen LogP) is 5.34. The minimum Gasteiger partial charge on any atom is -0.507 e. The Morgan fingerprint density at radius 1 is 1.00 bits per heavy atom. The molecule has 0 spiro atoms. The van der Waals surface area contributed by atoms with Gasteiger partial charge in [-0.15, -0.1) is 0 Å². The molecule has 0 saturated carbocycles. The quantitative estimate of drug-likeness (QED) is 0.170. The van der Waals surface area contributed by atoms with Crippen molar-refractivity contribution in [2.24, 2.45) is 0 Å². The van der Waals surface area contributed by atoms with Crippen molar-refractivity contribution in [3.63, 3.8) is 0 Å². The van der Waals surface area contributed by atoms with Crippen LogP contribution in [0.3, 0.4) is 0 Å². The van der Waals surface area contributed by atoms with E-state index in [9.17, 15) is 14.7 Å². The van der Waals surface area contributed by atoms with Crippen LogP contribution in [0.5, 0.6) is 11.5 Å². The molecule has 3 rings (SSSR count). The molecule has 2 aromatic carbocycles. The zero-order chi connectivity index (χ0) is 26.9. The number of aliphatic hydroxyl groups excluding tert-OH is 1. The molecule has 7 heteroatoms. The number of hydrogen-bond acceptors (Lipinski definition) is 6. The molecule has 200 valence electrons. The Morgan fingerprint density at radius 3 is 2.32 bits per heavy atom. The molecule has 1 atom stereocenters. The second-order valence-corrected chi connectivity index (χ2v) is 9.35. The summed E-state index contributed by atoms with van der Waals surface area (Å²) in [5, 5.41) is 11.3. The van der Waals surface area contributed by atoms with Crippen LogP contribution in [0.2, 0.25) is 0 Å². The van der Waals surface area contributed by atoms with Crippen LogP contribution in [0.25, 0.3) is 5.76 Å². The lowest BCUT2D eigenvalue weighted by molar-refractivity contribution is -0.140. The van der Waals surface area contributed by atoms with Crippen LogP contribution in [0.1, 0.15) is 62.8 Å². The van der Waals surface area contributed by atoms with Crippen LogP contribution in [0, 0.1) is 6.92 Å². The Bertz CT molecular complexity index is 1110. The van der Waals surface area contributed by atoms with Gasteiger partial charge in [-0.2, -0.15) is 0 Å². The van der Waals surface area contributed by atoms with E-state index in [1.165, 1.54) is 0 Å². The molecule has 1 unspecified atom stereocenters. The number of nitrogens with zero attached hydrogens (tertiary/aromatic N) is 2. The summed E-state index contributed by atoms with van der Waals surface area (Å²) in [4.78, 5) is 30.3. The first-order chi connectivity index (χ1) is 17.9. The Kier molecular flexibility index (Phi) is 10.1. The molecule has 1 N–H and O–H groups in total. The van der Waals surface area contributed by atoms with Crippen LogP contribution in [-0.2, 0) is 9.59 Å². The lowest BCUT2D eigenvalue weighted by atomic mass is 9.94. The van der Waals surface area contributed by atoms with Crippen molar-refractivity contribution in [3.05, 3.63) is 64.7 Å². The number of methoxy groups -OCH3 is 1. The van der Waals surface area contributed by atoms with E-state index >= 15 is 0 Å². The normalized spacial score (nSPS) is 17.0. The number of rotatable bonds is 13. The molecule has 1 aliphatic heterocycles. The van der Waals surface area contributed by atoms with Crippen molar-refractivity contribution in [2.45, 2.75) is 53.0 Å². The Hall–Kier alpha value is -3.32. The van der Waals surface area contributed by atoms with Crippen molar-refractivity contribution < 1.29 is 24.2 Å². The Morgan fingerprint density at radius 2 is 1.70 bits per heavy atom. The number of carbonyl (C=O) groups excluding carboxylic acids is 2. The van der Waals surface area contributed by atoms with Gasteiger partial charge in [0, 0.05) is 18.7 Å². The van der Waals surface area contributed by atoms with Gasteiger partial charge in [-0.3, -0.25) is 9.59 Å². The summed E-state index contributed by atoms with van der Waals surface area (Å²) in [6.07, 6.45) is 3.14. The van der Waals surface area contributed by atoms with Crippen molar-refractivity contribution >= 4 is 17.4 Å². The first-order valence-electron chi connectivity index (χ1n) is 13.2. The van der Waals surface area contributed by atoms with Gasteiger partial charge in [0.15, 0.2) is 11.5 Å². The molecule has 1 fully saturated rings. The first kappa shape index (κ1) is 28.3. The summed E-state index contributed by atoms with van der Waals surface area (Å²) in [6.45, 7) is 11.5. The fraction of sp³-hybridized carbons (Fsp3) is 0.467. The largest absolute Gasteiger partial charge is 0.507 e. The van der Waals surface area contributed by atoms with E-state index < -0.39 is 17.7 Å². The van der Waals surface area contributed by atoms with Gasteiger partial charge in [-0.1, -0.05) is 69.5 Å². The summed E-state index contributed by atoms with van der Waals surface area (Å²) < 4.78 is 11.6. The zero-order valence-corrected chi connectivity index (χ0v) is 22.8. The standard InChI is InChI=1S/C30H40N2O5/c1-6-9-10-19-37-24-16-15-23(20-25(24)36-5)27-26(28(33)22-13-11-21(4)12-14-22)29(34)30(35)32(27)18-17-31(7-2)8-3/h11-16,20,27,33H,6-10,17-19H2,1-5H3. The van der Waals surface area contributed by atoms with Crippen LogP contribution in [0.15, 0.2) is 48.0 Å². The van der Waals surface area contributed by atoms with E-state index in [1.807, 2.05) is 31.2 Å². The smallest absolute Gasteiger partial charge is 0.295 e. The molecule has 1 heterocycles.